The number of nitrogens with two attached hydrogens (primary N) is 1. The largest absolute Gasteiger partial charge is 0.508 e. The Morgan fingerprint density at radius 1 is 1.56 bits per heavy atom. The molecule has 0 aromatic heterocycles. The third-order valence-corrected chi connectivity index (χ3v) is 3.59. The zero-order valence-electron chi connectivity index (χ0n) is 10.8. The SMILES string of the molecule is CC(C)C(C)(NCc1cc(Cl)ccc1O)C(N)=O. The van der Waals surface area contributed by atoms with Gasteiger partial charge < -0.3 is 10.8 Å². The summed E-state index contributed by atoms with van der Waals surface area (Å²) < 4.78 is 0. The van der Waals surface area contributed by atoms with Crippen molar-refractivity contribution in [2.24, 2.45) is 11.7 Å². The zero-order valence-corrected chi connectivity index (χ0v) is 11.6. The lowest BCUT2D eigenvalue weighted by Crippen LogP contribution is -2.56. The first-order valence-corrected chi connectivity index (χ1v) is 6.17. The number of primary amides is 1. The molecule has 0 fully saturated rings. The van der Waals surface area contributed by atoms with Crippen molar-refractivity contribution in [3.05, 3.63) is 28.8 Å². The van der Waals surface area contributed by atoms with E-state index in [2.05, 4.69) is 5.32 Å². The lowest BCUT2D eigenvalue weighted by Gasteiger charge is -2.31. The van der Waals surface area contributed by atoms with E-state index in [1.165, 1.54) is 6.07 Å². The number of rotatable bonds is 5. The molecule has 0 bridgehead atoms. The maximum atomic E-state index is 11.5. The summed E-state index contributed by atoms with van der Waals surface area (Å²) in [5, 5.41) is 13.3. The Morgan fingerprint density at radius 3 is 2.67 bits per heavy atom. The van der Waals surface area contributed by atoms with Gasteiger partial charge in [-0.25, -0.2) is 0 Å². The molecule has 0 aliphatic carbocycles. The third kappa shape index (κ3) is 3.15. The molecule has 1 rings (SSSR count). The van der Waals surface area contributed by atoms with Gasteiger partial charge in [0.2, 0.25) is 5.91 Å². The quantitative estimate of drug-likeness (QED) is 0.766. The van der Waals surface area contributed by atoms with Crippen molar-refractivity contribution in [1.29, 1.82) is 0 Å². The number of amides is 1. The monoisotopic (exact) mass is 270 g/mol. The minimum absolute atomic E-state index is 0.0383. The lowest BCUT2D eigenvalue weighted by atomic mass is 9.87. The average molecular weight is 271 g/mol. The Hall–Kier alpha value is -1.26. The number of benzene rings is 1. The zero-order chi connectivity index (χ0) is 13.9. The summed E-state index contributed by atoms with van der Waals surface area (Å²) in [6.45, 7) is 5.90. The topological polar surface area (TPSA) is 75.3 Å². The fourth-order valence-corrected chi connectivity index (χ4v) is 1.74. The van der Waals surface area contributed by atoms with Crippen molar-refractivity contribution in [3.8, 4) is 5.75 Å². The molecule has 1 amide bonds. The van der Waals surface area contributed by atoms with E-state index >= 15 is 0 Å². The lowest BCUT2D eigenvalue weighted by molar-refractivity contribution is -0.125. The van der Waals surface area contributed by atoms with Crippen LogP contribution in [0.5, 0.6) is 5.75 Å². The van der Waals surface area contributed by atoms with Crippen molar-refractivity contribution in [2.45, 2.75) is 32.9 Å². The predicted molar refractivity (Wildman–Crippen MR) is 72.4 cm³/mol. The van der Waals surface area contributed by atoms with Gasteiger partial charge in [-0.15, -0.1) is 0 Å². The molecule has 0 saturated carbocycles. The Balaban J connectivity index is 2.86. The molecule has 18 heavy (non-hydrogen) atoms. The molecule has 1 aromatic carbocycles. The number of phenols is 1. The summed E-state index contributed by atoms with van der Waals surface area (Å²) in [5.41, 5.74) is 5.22. The Bertz CT molecular complexity index is 449. The van der Waals surface area contributed by atoms with Crippen LogP contribution < -0.4 is 11.1 Å². The van der Waals surface area contributed by atoms with E-state index in [1.807, 2.05) is 13.8 Å². The molecular formula is C13H19ClN2O2. The van der Waals surface area contributed by atoms with Gasteiger partial charge in [0.1, 0.15) is 5.75 Å². The van der Waals surface area contributed by atoms with Gasteiger partial charge in [0, 0.05) is 17.1 Å². The smallest absolute Gasteiger partial charge is 0.237 e. The van der Waals surface area contributed by atoms with E-state index in [0.717, 1.165) is 0 Å². The molecule has 5 heteroatoms. The van der Waals surface area contributed by atoms with Crippen LogP contribution in [-0.2, 0) is 11.3 Å². The molecule has 0 aliphatic heterocycles. The van der Waals surface area contributed by atoms with Crippen LogP contribution in [-0.4, -0.2) is 16.6 Å². The highest BCUT2D eigenvalue weighted by Gasteiger charge is 2.34. The van der Waals surface area contributed by atoms with Gasteiger partial charge in [-0.2, -0.15) is 0 Å². The van der Waals surface area contributed by atoms with Gasteiger partial charge in [0.15, 0.2) is 0 Å². The Labute approximate surface area is 112 Å². The number of hydrogen-bond acceptors (Lipinski definition) is 3. The summed E-state index contributed by atoms with van der Waals surface area (Å²) in [6, 6.07) is 4.79. The highest BCUT2D eigenvalue weighted by molar-refractivity contribution is 6.30. The van der Waals surface area contributed by atoms with Gasteiger partial charge in [-0.05, 0) is 31.0 Å². The summed E-state index contributed by atoms with van der Waals surface area (Å²) >= 11 is 5.86. The molecule has 0 heterocycles. The van der Waals surface area contributed by atoms with E-state index in [9.17, 15) is 9.90 Å². The Kier molecular flexibility index (Phi) is 4.59. The first-order valence-electron chi connectivity index (χ1n) is 5.79. The van der Waals surface area contributed by atoms with Crippen LogP contribution in [0, 0.1) is 5.92 Å². The van der Waals surface area contributed by atoms with Gasteiger partial charge in [-0.3, -0.25) is 10.1 Å². The van der Waals surface area contributed by atoms with Gasteiger partial charge in [-0.1, -0.05) is 25.4 Å². The second-order valence-electron chi connectivity index (χ2n) is 4.85. The second-order valence-corrected chi connectivity index (χ2v) is 5.28. The van der Waals surface area contributed by atoms with Crippen molar-refractivity contribution in [1.82, 2.24) is 5.32 Å². The Morgan fingerprint density at radius 2 is 2.17 bits per heavy atom. The minimum Gasteiger partial charge on any atom is -0.508 e. The summed E-state index contributed by atoms with van der Waals surface area (Å²) in [6.07, 6.45) is 0. The normalized spacial score (nSPS) is 14.5. The number of hydrogen-bond donors (Lipinski definition) is 3. The van der Waals surface area contributed by atoms with E-state index in [1.54, 1.807) is 19.1 Å². The molecule has 0 radical (unpaired) electrons. The maximum Gasteiger partial charge on any atom is 0.237 e. The van der Waals surface area contributed by atoms with E-state index in [0.29, 0.717) is 17.1 Å². The molecule has 1 aromatic rings. The number of carbonyl (C=O) groups excluding carboxylic acids is 1. The second kappa shape index (κ2) is 5.59. The van der Waals surface area contributed by atoms with E-state index < -0.39 is 11.4 Å². The maximum absolute atomic E-state index is 11.5. The molecule has 0 spiro atoms. The van der Waals surface area contributed by atoms with Gasteiger partial charge in [0.25, 0.3) is 0 Å². The predicted octanol–water partition coefficient (Wildman–Crippen LogP) is 2.04. The third-order valence-electron chi connectivity index (χ3n) is 3.35. The summed E-state index contributed by atoms with van der Waals surface area (Å²) in [4.78, 5) is 11.5. The standard InChI is InChI=1S/C13H19ClN2O2/c1-8(2)13(3,12(15)18)16-7-9-6-10(14)4-5-11(9)17/h4-6,8,16-17H,7H2,1-3H3,(H2,15,18). The molecule has 0 aliphatic rings. The molecule has 4 nitrogen and oxygen atoms in total. The van der Waals surface area contributed by atoms with Crippen molar-refractivity contribution in [3.63, 3.8) is 0 Å². The van der Waals surface area contributed by atoms with Gasteiger partial charge in [0.05, 0.1) is 5.54 Å². The van der Waals surface area contributed by atoms with Crippen LogP contribution in [0.3, 0.4) is 0 Å². The van der Waals surface area contributed by atoms with Crippen LogP contribution in [0.15, 0.2) is 18.2 Å². The van der Waals surface area contributed by atoms with Crippen LogP contribution in [0.25, 0.3) is 0 Å². The number of carbonyl (C=O) groups is 1. The molecule has 1 atom stereocenters. The molecule has 4 N–H and O–H groups in total. The summed E-state index contributed by atoms with van der Waals surface area (Å²) in [5.74, 6) is -0.238. The van der Waals surface area contributed by atoms with Crippen molar-refractivity contribution in [2.75, 3.05) is 0 Å². The molecule has 100 valence electrons. The molecule has 0 saturated heterocycles. The van der Waals surface area contributed by atoms with Crippen molar-refractivity contribution >= 4 is 17.5 Å². The highest BCUT2D eigenvalue weighted by atomic mass is 35.5. The number of nitrogens with one attached hydrogen (secondary N) is 1. The number of phenolic OH excluding ortho intramolecular Hbond substituents is 1. The van der Waals surface area contributed by atoms with Crippen LogP contribution >= 0.6 is 11.6 Å². The highest BCUT2D eigenvalue weighted by Crippen LogP contribution is 2.23. The fraction of sp³-hybridized carbons (Fsp3) is 0.462. The van der Waals surface area contributed by atoms with Crippen LogP contribution in [0.1, 0.15) is 26.3 Å². The first kappa shape index (κ1) is 14.8. The summed E-state index contributed by atoms with van der Waals surface area (Å²) in [7, 11) is 0. The van der Waals surface area contributed by atoms with Crippen molar-refractivity contribution < 1.29 is 9.90 Å². The van der Waals surface area contributed by atoms with Crippen LogP contribution in [0.2, 0.25) is 5.02 Å². The fourth-order valence-electron chi connectivity index (χ4n) is 1.55. The molecule has 1 unspecified atom stereocenters. The van der Waals surface area contributed by atoms with Crippen LogP contribution in [0.4, 0.5) is 0 Å². The van der Waals surface area contributed by atoms with E-state index in [-0.39, 0.29) is 11.7 Å². The molecular weight excluding hydrogens is 252 g/mol. The van der Waals surface area contributed by atoms with E-state index in [4.69, 9.17) is 17.3 Å². The average Bonchev–Trinajstić information content (AvgIpc) is 2.29. The number of aromatic hydroxyl groups is 1. The number of halogens is 1. The van der Waals surface area contributed by atoms with Gasteiger partial charge >= 0.3 is 0 Å². The minimum atomic E-state index is -0.825. The first-order chi connectivity index (χ1) is 8.27.